The van der Waals surface area contributed by atoms with Gasteiger partial charge in [0.2, 0.25) is 0 Å². The fourth-order valence-corrected chi connectivity index (χ4v) is 4.54. The van der Waals surface area contributed by atoms with E-state index >= 15 is 0 Å². The van der Waals surface area contributed by atoms with Crippen molar-refractivity contribution in [1.29, 1.82) is 0 Å². The van der Waals surface area contributed by atoms with Gasteiger partial charge in [-0.05, 0) is 37.8 Å². The molecule has 1 saturated carbocycles. The van der Waals surface area contributed by atoms with E-state index in [1.807, 2.05) is 19.1 Å². The van der Waals surface area contributed by atoms with E-state index in [9.17, 15) is 9.59 Å². The number of carbonyl (C=O) groups excluding carboxylic acids is 2. The first-order valence-corrected chi connectivity index (χ1v) is 8.57. The van der Waals surface area contributed by atoms with Crippen LogP contribution in [0.1, 0.15) is 40.7 Å². The summed E-state index contributed by atoms with van der Waals surface area (Å²) < 4.78 is 5.30. The molecule has 0 spiro atoms. The van der Waals surface area contributed by atoms with Crippen LogP contribution in [0.25, 0.3) is 0 Å². The van der Waals surface area contributed by atoms with E-state index in [0.29, 0.717) is 30.9 Å². The molecule has 2 fully saturated rings. The molecule has 1 aromatic rings. The number of amides is 1. The van der Waals surface area contributed by atoms with Gasteiger partial charge in [-0.2, -0.15) is 0 Å². The van der Waals surface area contributed by atoms with Crippen LogP contribution in [0.4, 0.5) is 0 Å². The Morgan fingerprint density at radius 2 is 2.36 bits per heavy atom. The van der Waals surface area contributed by atoms with Gasteiger partial charge < -0.3 is 10.1 Å². The lowest BCUT2D eigenvalue weighted by atomic mass is 9.77. The summed E-state index contributed by atoms with van der Waals surface area (Å²) in [5.41, 5.74) is 0.693. The van der Waals surface area contributed by atoms with E-state index in [4.69, 9.17) is 4.74 Å². The number of esters is 1. The van der Waals surface area contributed by atoms with Gasteiger partial charge in [-0.15, -0.1) is 11.3 Å². The maximum atomic E-state index is 12.3. The number of allylic oxidation sites excluding steroid dienone is 1. The van der Waals surface area contributed by atoms with Crippen LogP contribution in [0.15, 0.2) is 24.3 Å². The summed E-state index contributed by atoms with van der Waals surface area (Å²) in [6.45, 7) is 7.27. The zero-order chi connectivity index (χ0) is 15.7. The first kappa shape index (κ1) is 15.3. The first-order valence-electron chi connectivity index (χ1n) is 7.76. The van der Waals surface area contributed by atoms with E-state index in [-0.39, 0.29) is 17.8 Å². The third-order valence-electron chi connectivity index (χ3n) is 4.61. The van der Waals surface area contributed by atoms with Gasteiger partial charge in [0.05, 0.1) is 16.9 Å². The van der Waals surface area contributed by atoms with Crippen molar-refractivity contribution in [3.63, 3.8) is 0 Å². The van der Waals surface area contributed by atoms with Gasteiger partial charge in [0.25, 0.3) is 5.91 Å². The van der Waals surface area contributed by atoms with Gasteiger partial charge in [0, 0.05) is 17.3 Å². The van der Waals surface area contributed by atoms with E-state index in [0.717, 1.165) is 23.3 Å². The summed E-state index contributed by atoms with van der Waals surface area (Å²) in [6, 6.07) is 3.81. The molecule has 1 amide bonds. The maximum absolute atomic E-state index is 12.3. The molecule has 2 unspecified atom stereocenters. The average molecular weight is 319 g/mol. The van der Waals surface area contributed by atoms with Crippen LogP contribution in [0.3, 0.4) is 0 Å². The number of thiophene rings is 1. The minimum Gasteiger partial charge on any atom is -0.465 e. The Kier molecular flexibility index (Phi) is 4.08. The van der Waals surface area contributed by atoms with Gasteiger partial charge in [-0.25, -0.2) is 0 Å². The Bertz CT molecular complexity index is 621. The number of hydrogen-bond donors (Lipinski definition) is 1. The lowest BCUT2D eigenvalue weighted by molar-refractivity contribution is -0.146. The maximum Gasteiger partial charge on any atom is 0.313 e. The molecule has 3 rings (SSSR count). The molecule has 2 heterocycles. The van der Waals surface area contributed by atoms with Gasteiger partial charge >= 0.3 is 5.97 Å². The average Bonchev–Trinajstić information content (AvgIpc) is 3.14. The highest BCUT2D eigenvalue weighted by atomic mass is 32.1. The van der Waals surface area contributed by atoms with Crippen molar-refractivity contribution in [3.8, 4) is 0 Å². The molecular formula is C17H21NO3S. The summed E-state index contributed by atoms with van der Waals surface area (Å²) in [7, 11) is 0. The highest BCUT2D eigenvalue weighted by Gasteiger charge is 2.56. The smallest absolute Gasteiger partial charge is 0.313 e. The minimum absolute atomic E-state index is 0.0306. The zero-order valence-corrected chi connectivity index (χ0v) is 13.6. The largest absolute Gasteiger partial charge is 0.465 e. The number of rotatable bonds is 5. The van der Waals surface area contributed by atoms with Crippen LogP contribution in [0, 0.1) is 11.3 Å². The van der Waals surface area contributed by atoms with Crippen LogP contribution in [-0.2, 0) is 16.0 Å². The number of nitrogens with one attached hydrogen (secondary N) is 1. The minimum atomic E-state index is -0.445. The number of cyclic esters (lactones) is 1. The fourth-order valence-electron chi connectivity index (χ4n) is 3.49. The van der Waals surface area contributed by atoms with Gasteiger partial charge in [0.1, 0.15) is 0 Å². The molecular weight excluding hydrogens is 298 g/mol. The number of hydrogen-bond acceptors (Lipinski definition) is 4. The first-order chi connectivity index (χ1) is 10.5. The highest BCUT2D eigenvalue weighted by molar-refractivity contribution is 7.14. The summed E-state index contributed by atoms with van der Waals surface area (Å²) in [4.78, 5) is 26.0. The summed E-state index contributed by atoms with van der Waals surface area (Å²) >= 11 is 1.48. The van der Waals surface area contributed by atoms with Gasteiger partial charge in [-0.3, -0.25) is 9.59 Å². The second-order valence-corrected chi connectivity index (χ2v) is 7.45. The van der Waals surface area contributed by atoms with Crippen molar-refractivity contribution in [2.45, 2.75) is 32.6 Å². The predicted octanol–water partition coefficient (Wildman–Crippen LogP) is 2.94. The molecule has 1 N–H and O–H groups in total. The molecule has 0 bridgehead atoms. The summed E-state index contributed by atoms with van der Waals surface area (Å²) in [5.74, 6) is 0.116. The quantitative estimate of drug-likeness (QED) is 0.670. The Balaban J connectivity index is 1.76. The van der Waals surface area contributed by atoms with Gasteiger partial charge in [-0.1, -0.05) is 19.1 Å². The number of fused-ring (bicyclic) bond motifs is 1. The van der Waals surface area contributed by atoms with Gasteiger partial charge in [0.15, 0.2) is 0 Å². The third-order valence-corrected chi connectivity index (χ3v) is 5.70. The Morgan fingerprint density at radius 1 is 1.55 bits per heavy atom. The van der Waals surface area contributed by atoms with Crippen molar-refractivity contribution in [2.75, 3.05) is 13.2 Å². The molecule has 2 atom stereocenters. The molecule has 1 aromatic heterocycles. The summed E-state index contributed by atoms with van der Waals surface area (Å²) in [6.07, 6.45) is 3.16. The second kappa shape index (κ2) is 5.88. The monoisotopic (exact) mass is 319 g/mol. The molecule has 4 nitrogen and oxygen atoms in total. The van der Waals surface area contributed by atoms with Crippen molar-refractivity contribution >= 4 is 23.2 Å². The topological polar surface area (TPSA) is 55.4 Å². The molecule has 5 heteroatoms. The van der Waals surface area contributed by atoms with Crippen molar-refractivity contribution < 1.29 is 14.3 Å². The number of ether oxygens (including phenoxy) is 1. The molecule has 1 aliphatic carbocycles. The predicted molar refractivity (Wildman–Crippen MR) is 85.9 cm³/mol. The second-order valence-electron chi connectivity index (χ2n) is 6.28. The SMILES string of the molecule is C=C1CC2COC(=O)C2(Cc2ccc(C(=O)NCCC)s2)C1. The van der Waals surface area contributed by atoms with Crippen LogP contribution >= 0.6 is 11.3 Å². The molecule has 1 saturated heterocycles. The Morgan fingerprint density at radius 3 is 3.14 bits per heavy atom. The van der Waals surface area contributed by atoms with E-state index in [1.54, 1.807) is 0 Å². The van der Waals surface area contributed by atoms with Crippen molar-refractivity contribution in [3.05, 3.63) is 34.0 Å². The lowest BCUT2D eigenvalue weighted by Crippen LogP contribution is -2.31. The Labute approximate surface area is 134 Å². The van der Waals surface area contributed by atoms with Crippen LogP contribution in [-0.4, -0.2) is 25.0 Å². The van der Waals surface area contributed by atoms with E-state index < -0.39 is 5.41 Å². The van der Waals surface area contributed by atoms with E-state index in [1.165, 1.54) is 11.3 Å². The van der Waals surface area contributed by atoms with Crippen LogP contribution < -0.4 is 5.32 Å². The van der Waals surface area contributed by atoms with Crippen molar-refractivity contribution in [2.24, 2.45) is 11.3 Å². The lowest BCUT2D eigenvalue weighted by Gasteiger charge is -2.22. The normalized spacial score (nSPS) is 26.9. The molecule has 118 valence electrons. The highest BCUT2D eigenvalue weighted by Crippen LogP contribution is 2.52. The molecule has 2 aliphatic rings. The molecule has 0 aromatic carbocycles. The zero-order valence-electron chi connectivity index (χ0n) is 12.8. The van der Waals surface area contributed by atoms with E-state index in [2.05, 4.69) is 11.9 Å². The fraction of sp³-hybridized carbons (Fsp3) is 0.529. The van der Waals surface area contributed by atoms with Crippen molar-refractivity contribution in [1.82, 2.24) is 5.32 Å². The standard InChI is InChI=1S/C17H21NO3S/c1-3-6-18-15(19)14-5-4-13(22-14)9-17-8-11(2)7-12(17)10-21-16(17)20/h4-5,12H,2-3,6-10H2,1H3,(H,18,19). The Hall–Kier alpha value is -1.62. The molecule has 22 heavy (non-hydrogen) atoms. The molecule has 1 aliphatic heterocycles. The van der Waals surface area contributed by atoms with Crippen LogP contribution in [0.5, 0.6) is 0 Å². The van der Waals surface area contributed by atoms with Crippen LogP contribution in [0.2, 0.25) is 0 Å². The molecule has 0 radical (unpaired) electrons. The summed E-state index contributed by atoms with van der Waals surface area (Å²) in [5, 5.41) is 2.88. The third kappa shape index (κ3) is 2.58. The number of carbonyl (C=O) groups is 2.